The Morgan fingerprint density at radius 3 is 2.61 bits per heavy atom. The molecule has 0 radical (unpaired) electrons. The molecule has 0 aliphatic rings. The van der Waals surface area contributed by atoms with Crippen LogP contribution in [0.15, 0.2) is 0 Å². The molecule has 5 heteroatoms. The standard InChI is InChI=1S/C13H26N2O2S/c1-4-5-6-11(2)13(16)15(9-10-17-3)8-7-12(14)18/h11H,4-10H2,1-3H3,(H2,14,18). The highest BCUT2D eigenvalue weighted by Gasteiger charge is 2.19. The molecule has 0 aliphatic carbocycles. The quantitative estimate of drug-likeness (QED) is 0.619. The summed E-state index contributed by atoms with van der Waals surface area (Å²) < 4.78 is 5.03. The highest BCUT2D eigenvalue weighted by Crippen LogP contribution is 2.11. The molecule has 0 saturated carbocycles. The third kappa shape index (κ3) is 7.61. The first-order valence-corrected chi connectivity index (χ1v) is 6.99. The van der Waals surface area contributed by atoms with Gasteiger partial charge < -0.3 is 15.4 Å². The van der Waals surface area contributed by atoms with Crippen LogP contribution in [0.25, 0.3) is 0 Å². The third-order valence-electron chi connectivity index (χ3n) is 2.92. The van der Waals surface area contributed by atoms with E-state index in [1.165, 1.54) is 0 Å². The Morgan fingerprint density at radius 1 is 1.44 bits per heavy atom. The second kappa shape index (κ2) is 10.3. The van der Waals surface area contributed by atoms with E-state index in [9.17, 15) is 4.79 Å². The Morgan fingerprint density at radius 2 is 2.11 bits per heavy atom. The molecule has 0 fully saturated rings. The van der Waals surface area contributed by atoms with Gasteiger partial charge in [-0.1, -0.05) is 38.9 Å². The fourth-order valence-electron chi connectivity index (χ4n) is 1.72. The van der Waals surface area contributed by atoms with E-state index in [1.807, 2.05) is 11.8 Å². The van der Waals surface area contributed by atoms with Gasteiger partial charge in [-0.2, -0.15) is 0 Å². The SMILES string of the molecule is CCCCC(C)C(=O)N(CCOC)CCC(N)=S. The van der Waals surface area contributed by atoms with E-state index in [4.69, 9.17) is 22.7 Å². The summed E-state index contributed by atoms with van der Waals surface area (Å²) in [6, 6.07) is 0. The van der Waals surface area contributed by atoms with Gasteiger partial charge in [-0.05, 0) is 6.42 Å². The van der Waals surface area contributed by atoms with E-state index >= 15 is 0 Å². The number of nitrogens with zero attached hydrogens (tertiary/aromatic N) is 1. The highest BCUT2D eigenvalue weighted by atomic mass is 32.1. The van der Waals surface area contributed by atoms with Crippen molar-refractivity contribution in [1.29, 1.82) is 0 Å². The summed E-state index contributed by atoms with van der Waals surface area (Å²) in [4.78, 5) is 14.5. The van der Waals surface area contributed by atoms with Crippen molar-refractivity contribution in [2.75, 3.05) is 26.8 Å². The fourth-order valence-corrected chi connectivity index (χ4v) is 1.82. The average molecular weight is 274 g/mol. The van der Waals surface area contributed by atoms with Crippen molar-refractivity contribution in [1.82, 2.24) is 4.90 Å². The topological polar surface area (TPSA) is 55.6 Å². The van der Waals surface area contributed by atoms with Gasteiger partial charge in [0.05, 0.1) is 11.6 Å². The van der Waals surface area contributed by atoms with Gasteiger partial charge in [-0.15, -0.1) is 0 Å². The Kier molecular flexibility index (Phi) is 9.87. The van der Waals surface area contributed by atoms with E-state index in [0.717, 1.165) is 19.3 Å². The summed E-state index contributed by atoms with van der Waals surface area (Å²) in [5.41, 5.74) is 5.49. The molecule has 0 bridgehead atoms. The van der Waals surface area contributed by atoms with Crippen LogP contribution >= 0.6 is 12.2 Å². The molecule has 0 heterocycles. The minimum Gasteiger partial charge on any atom is -0.393 e. The molecule has 1 amide bonds. The number of carbonyl (C=O) groups is 1. The summed E-state index contributed by atoms with van der Waals surface area (Å²) in [5, 5.41) is 0. The van der Waals surface area contributed by atoms with Crippen molar-refractivity contribution in [2.24, 2.45) is 11.7 Å². The number of ether oxygens (including phenoxy) is 1. The maximum absolute atomic E-state index is 12.3. The van der Waals surface area contributed by atoms with E-state index in [1.54, 1.807) is 7.11 Å². The van der Waals surface area contributed by atoms with Gasteiger partial charge in [0, 0.05) is 32.5 Å². The van der Waals surface area contributed by atoms with Crippen LogP contribution in [0.1, 0.15) is 39.5 Å². The average Bonchev–Trinajstić information content (AvgIpc) is 2.35. The Bertz CT molecular complexity index is 259. The normalized spacial score (nSPS) is 12.2. The third-order valence-corrected chi connectivity index (χ3v) is 3.12. The number of hydrogen-bond acceptors (Lipinski definition) is 3. The zero-order chi connectivity index (χ0) is 14.0. The van der Waals surface area contributed by atoms with E-state index in [2.05, 4.69) is 6.92 Å². The lowest BCUT2D eigenvalue weighted by atomic mass is 10.0. The number of amides is 1. The molecule has 4 nitrogen and oxygen atoms in total. The van der Waals surface area contributed by atoms with Crippen LogP contribution < -0.4 is 5.73 Å². The van der Waals surface area contributed by atoms with Gasteiger partial charge >= 0.3 is 0 Å². The van der Waals surface area contributed by atoms with Crippen LogP contribution in [-0.4, -0.2) is 42.6 Å². The van der Waals surface area contributed by atoms with Gasteiger partial charge in [-0.3, -0.25) is 4.79 Å². The Hall–Kier alpha value is -0.680. The molecule has 1 unspecified atom stereocenters. The number of unbranched alkanes of at least 4 members (excludes halogenated alkanes) is 1. The van der Waals surface area contributed by atoms with E-state index in [0.29, 0.717) is 31.1 Å². The smallest absolute Gasteiger partial charge is 0.225 e. The minimum atomic E-state index is 0.0631. The molecule has 0 aliphatic heterocycles. The van der Waals surface area contributed by atoms with Crippen molar-refractivity contribution >= 4 is 23.1 Å². The number of nitrogens with two attached hydrogens (primary N) is 1. The van der Waals surface area contributed by atoms with Crippen LogP contribution in [0.4, 0.5) is 0 Å². The van der Waals surface area contributed by atoms with Gasteiger partial charge in [0.25, 0.3) is 0 Å². The predicted molar refractivity (Wildman–Crippen MR) is 78.5 cm³/mol. The lowest BCUT2D eigenvalue weighted by molar-refractivity contribution is -0.135. The van der Waals surface area contributed by atoms with Crippen molar-refractivity contribution < 1.29 is 9.53 Å². The van der Waals surface area contributed by atoms with Crippen LogP contribution in [0.2, 0.25) is 0 Å². The summed E-state index contributed by atoms with van der Waals surface area (Å²) in [6.45, 7) is 5.86. The van der Waals surface area contributed by atoms with Crippen molar-refractivity contribution in [3.05, 3.63) is 0 Å². The highest BCUT2D eigenvalue weighted by molar-refractivity contribution is 7.80. The van der Waals surface area contributed by atoms with Gasteiger partial charge in [0.1, 0.15) is 0 Å². The molecule has 0 aromatic rings. The van der Waals surface area contributed by atoms with Crippen LogP contribution in [0.5, 0.6) is 0 Å². The van der Waals surface area contributed by atoms with E-state index < -0.39 is 0 Å². The van der Waals surface area contributed by atoms with E-state index in [-0.39, 0.29) is 11.8 Å². The van der Waals surface area contributed by atoms with Crippen LogP contribution in [0.3, 0.4) is 0 Å². The molecule has 0 aromatic heterocycles. The van der Waals surface area contributed by atoms with Crippen molar-refractivity contribution in [3.8, 4) is 0 Å². The van der Waals surface area contributed by atoms with Gasteiger partial charge in [0.15, 0.2) is 0 Å². The number of hydrogen-bond donors (Lipinski definition) is 1. The Balaban J connectivity index is 4.32. The number of rotatable bonds is 10. The molecule has 2 N–H and O–H groups in total. The van der Waals surface area contributed by atoms with Crippen LogP contribution in [0, 0.1) is 5.92 Å². The number of methoxy groups -OCH3 is 1. The molecule has 0 spiro atoms. The first-order chi connectivity index (χ1) is 8.52. The summed E-state index contributed by atoms with van der Waals surface area (Å²) in [6.07, 6.45) is 3.71. The summed E-state index contributed by atoms with van der Waals surface area (Å²) in [7, 11) is 1.64. The number of thiocarbonyl (C=S) groups is 1. The second-order valence-corrected chi connectivity index (χ2v) is 5.10. The predicted octanol–water partition coefficient (Wildman–Crippen LogP) is 1.96. The summed E-state index contributed by atoms with van der Waals surface area (Å²) in [5.74, 6) is 0.241. The Labute approximate surface area is 116 Å². The van der Waals surface area contributed by atoms with Gasteiger partial charge in [0.2, 0.25) is 5.91 Å². The largest absolute Gasteiger partial charge is 0.393 e. The molecule has 0 rings (SSSR count). The van der Waals surface area contributed by atoms with Crippen molar-refractivity contribution in [3.63, 3.8) is 0 Å². The first kappa shape index (κ1) is 17.3. The maximum atomic E-state index is 12.3. The molecule has 18 heavy (non-hydrogen) atoms. The monoisotopic (exact) mass is 274 g/mol. The number of carbonyl (C=O) groups excluding carboxylic acids is 1. The molecule has 106 valence electrons. The molecule has 0 aromatic carbocycles. The minimum absolute atomic E-state index is 0.0631. The summed E-state index contributed by atoms with van der Waals surface area (Å²) >= 11 is 4.86. The zero-order valence-electron chi connectivity index (χ0n) is 11.8. The molecule has 0 saturated heterocycles. The molecular formula is C13H26N2O2S. The van der Waals surface area contributed by atoms with Crippen molar-refractivity contribution in [2.45, 2.75) is 39.5 Å². The zero-order valence-corrected chi connectivity index (χ0v) is 12.6. The van der Waals surface area contributed by atoms with Crippen LogP contribution in [-0.2, 0) is 9.53 Å². The fraction of sp³-hybridized carbons (Fsp3) is 0.846. The maximum Gasteiger partial charge on any atom is 0.225 e. The molecular weight excluding hydrogens is 248 g/mol. The van der Waals surface area contributed by atoms with Gasteiger partial charge in [-0.25, -0.2) is 0 Å². The lowest BCUT2D eigenvalue weighted by Gasteiger charge is -2.25. The lowest BCUT2D eigenvalue weighted by Crippen LogP contribution is -2.39. The first-order valence-electron chi connectivity index (χ1n) is 6.58. The molecule has 1 atom stereocenters. The second-order valence-electron chi connectivity index (χ2n) is 4.58.